The predicted molar refractivity (Wildman–Crippen MR) is 152 cm³/mol. The van der Waals surface area contributed by atoms with Gasteiger partial charge in [0.2, 0.25) is 10.0 Å². The highest BCUT2D eigenvalue weighted by Crippen LogP contribution is 2.39. The average molecular weight is 654 g/mol. The molecule has 1 aliphatic heterocycles. The number of phenolic OH excluding ortho intramolecular Hbond substituents is 1. The SMILES string of the molecule is O=S(=O)(NCCCCN1CCc2ccccc2C1)c1cc(Cl)c(OS(=O)(=O)c2cc(Cl)c(O)c(Cl)c2)c(Cl)c1. The molecule has 8 nitrogen and oxygen atoms in total. The molecule has 1 aliphatic rings. The second-order valence-electron chi connectivity index (χ2n) is 8.89. The zero-order valence-electron chi connectivity index (χ0n) is 20.3. The molecule has 0 aromatic heterocycles. The highest BCUT2D eigenvalue weighted by atomic mass is 35.5. The molecule has 39 heavy (non-hydrogen) atoms. The molecule has 14 heteroatoms. The van der Waals surface area contributed by atoms with Crippen molar-refractivity contribution in [2.45, 2.75) is 35.6 Å². The number of benzene rings is 3. The highest BCUT2D eigenvalue weighted by Gasteiger charge is 2.25. The lowest BCUT2D eigenvalue weighted by Crippen LogP contribution is -2.32. The van der Waals surface area contributed by atoms with Crippen molar-refractivity contribution in [1.82, 2.24) is 9.62 Å². The summed E-state index contributed by atoms with van der Waals surface area (Å²) in [6.07, 6.45) is 2.43. The lowest BCUT2D eigenvalue weighted by Gasteiger charge is -2.28. The Balaban J connectivity index is 1.35. The molecule has 0 spiro atoms. The molecule has 0 atom stereocenters. The van der Waals surface area contributed by atoms with Crippen LogP contribution in [0.3, 0.4) is 0 Å². The second kappa shape index (κ2) is 12.4. The number of nitrogens with one attached hydrogen (secondary N) is 1. The second-order valence-corrected chi connectivity index (χ2v) is 13.8. The van der Waals surface area contributed by atoms with Gasteiger partial charge < -0.3 is 9.29 Å². The fourth-order valence-corrected chi connectivity index (χ4v) is 7.66. The van der Waals surface area contributed by atoms with Crippen LogP contribution in [-0.2, 0) is 33.1 Å². The Morgan fingerprint density at radius 1 is 0.846 bits per heavy atom. The molecule has 3 aromatic carbocycles. The summed E-state index contributed by atoms with van der Waals surface area (Å²) >= 11 is 23.9. The average Bonchev–Trinajstić information content (AvgIpc) is 2.88. The molecule has 0 saturated carbocycles. The summed E-state index contributed by atoms with van der Waals surface area (Å²) in [4.78, 5) is 1.64. The number of sulfonamides is 1. The summed E-state index contributed by atoms with van der Waals surface area (Å²) in [5, 5.41) is 8.36. The molecule has 0 fully saturated rings. The van der Waals surface area contributed by atoms with Crippen molar-refractivity contribution < 1.29 is 26.1 Å². The van der Waals surface area contributed by atoms with E-state index in [1.807, 2.05) is 12.1 Å². The van der Waals surface area contributed by atoms with E-state index in [9.17, 15) is 21.9 Å². The molecular formula is C25H24Cl4N2O6S2. The van der Waals surface area contributed by atoms with Crippen LogP contribution in [0.1, 0.15) is 24.0 Å². The van der Waals surface area contributed by atoms with Crippen LogP contribution in [-0.4, -0.2) is 46.5 Å². The van der Waals surface area contributed by atoms with E-state index in [-0.39, 0.29) is 31.5 Å². The van der Waals surface area contributed by atoms with Crippen molar-refractivity contribution in [2.24, 2.45) is 0 Å². The standard InChI is InChI=1S/C25H24Cl4N2O6S2/c26-20-13-19(14-21(27)24(20)32)39(35,36)37-25-22(28)11-18(12-23(25)29)38(33,34)30-8-3-4-9-31-10-7-16-5-1-2-6-17(16)15-31/h1-2,5-6,11-14,30,32H,3-4,7-10,15H2. The minimum absolute atomic E-state index is 0.205. The third-order valence-electron chi connectivity index (χ3n) is 6.16. The van der Waals surface area contributed by atoms with Gasteiger partial charge in [0.15, 0.2) is 11.5 Å². The first kappa shape index (κ1) is 30.2. The van der Waals surface area contributed by atoms with Crippen molar-refractivity contribution in [3.8, 4) is 11.5 Å². The maximum absolute atomic E-state index is 12.8. The number of hydrogen-bond acceptors (Lipinski definition) is 7. The summed E-state index contributed by atoms with van der Waals surface area (Å²) in [5.41, 5.74) is 2.70. The Morgan fingerprint density at radius 3 is 2.08 bits per heavy atom. The number of phenols is 1. The topological polar surface area (TPSA) is 113 Å². The number of aromatic hydroxyl groups is 1. The molecule has 4 rings (SSSR count). The van der Waals surface area contributed by atoms with Gasteiger partial charge >= 0.3 is 10.1 Å². The molecule has 0 unspecified atom stereocenters. The normalized spacial score (nSPS) is 14.3. The van der Waals surface area contributed by atoms with Gasteiger partial charge in [-0.15, -0.1) is 0 Å². The van der Waals surface area contributed by atoms with Gasteiger partial charge in [-0.05, 0) is 61.2 Å². The number of hydrogen-bond donors (Lipinski definition) is 2. The Hall–Kier alpha value is -1.76. The lowest BCUT2D eigenvalue weighted by molar-refractivity contribution is 0.249. The molecule has 0 radical (unpaired) electrons. The smallest absolute Gasteiger partial charge is 0.339 e. The van der Waals surface area contributed by atoms with Crippen LogP contribution in [0.4, 0.5) is 0 Å². The Labute approximate surface area is 247 Å². The number of unbranched alkanes of at least 4 members (excludes halogenated alkanes) is 1. The Morgan fingerprint density at radius 2 is 1.44 bits per heavy atom. The molecule has 3 aromatic rings. The first-order valence-corrected chi connectivity index (χ1v) is 16.2. The van der Waals surface area contributed by atoms with Gasteiger partial charge in [-0.1, -0.05) is 70.7 Å². The molecule has 0 amide bonds. The molecule has 0 saturated heterocycles. The van der Waals surface area contributed by atoms with Crippen molar-refractivity contribution >= 4 is 66.5 Å². The first-order valence-electron chi connectivity index (χ1n) is 11.8. The van der Waals surface area contributed by atoms with E-state index in [0.29, 0.717) is 6.42 Å². The maximum Gasteiger partial charge on any atom is 0.339 e. The van der Waals surface area contributed by atoms with E-state index in [4.69, 9.17) is 50.6 Å². The molecule has 210 valence electrons. The lowest BCUT2D eigenvalue weighted by atomic mass is 10.00. The Bertz CT molecular complexity index is 1550. The largest absolute Gasteiger partial charge is 0.505 e. The van der Waals surface area contributed by atoms with Gasteiger partial charge in [0, 0.05) is 19.6 Å². The van der Waals surface area contributed by atoms with E-state index in [1.54, 1.807) is 0 Å². The van der Waals surface area contributed by atoms with Crippen molar-refractivity contribution in [1.29, 1.82) is 0 Å². The number of halogens is 4. The first-order chi connectivity index (χ1) is 18.4. The molecule has 0 bridgehead atoms. The third kappa shape index (κ3) is 7.31. The van der Waals surface area contributed by atoms with Crippen molar-refractivity contribution in [3.63, 3.8) is 0 Å². The van der Waals surface area contributed by atoms with E-state index in [1.165, 1.54) is 11.1 Å². The van der Waals surface area contributed by atoms with Gasteiger partial charge in [-0.3, -0.25) is 4.90 Å². The van der Waals surface area contributed by atoms with Crippen LogP contribution >= 0.6 is 46.4 Å². The molecule has 2 N–H and O–H groups in total. The van der Waals surface area contributed by atoms with E-state index in [2.05, 4.69) is 21.8 Å². The zero-order valence-corrected chi connectivity index (χ0v) is 25.0. The Kier molecular flexibility index (Phi) is 9.60. The van der Waals surface area contributed by atoms with Crippen LogP contribution in [0, 0.1) is 0 Å². The maximum atomic E-state index is 12.8. The van der Waals surface area contributed by atoms with Crippen molar-refractivity contribution in [3.05, 3.63) is 79.7 Å². The van der Waals surface area contributed by atoms with Gasteiger partial charge in [-0.25, -0.2) is 13.1 Å². The summed E-state index contributed by atoms with van der Waals surface area (Å²) in [6.45, 7) is 2.91. The fraction of sp³-hybridized carbons (Fsp3) is 0.280. The zero-order chi connectivity index (χ0) is 28.4. The van der Waals surface area contributed by atoms with Crippen LogP contribution < -0.4 is 8.91 Å². The highest BCUT2D eigenvalue weighted by molar-refractivity contribution is 7.89. The minimum atomic E-state index is -4.53. The predicted octanol–water partition coefficient (Wildman–Crippen LogP) is 5.89. The van der Waals surface area contributed by atoms with Crippen molar-refractivity contribution in [2.75, 3.05) is 19.6 Å². The quantitative estimate of drug-likeness (QED) is 0.207. The number of fused-ring (bicyclic) bond motifs is 1. The van der Waals surface area contributed by atoms with Crippen LogP contribution in [0.25, 0.3) is 0 Å². The van der Waals surface area contributed by atoms with Gasteiger partial charge in [0.1, 0.15) is 4.90 Å². The van der Waals surface area contributed by atoms with E-state index in [0.717, 1.165) is 56.7 Å². The van der Waals surface area contributed by atoms with Gasteiger partial charge in [-0.2, -0.15) is 8.42 Å². The summed E-state index contributed by atoms with van der Waals surface area (Å²) in [5.74, 6) is -0.964. The molecule has 1 heterocycles. The summed E-state index contributed by atoms with van der Waals surface area (Å²) in [7, 11) is -8.51. The summed E-state index contributed by atoms with van der Waals surface area (Å²) < 4.78 is 58.6. The van der Waals surface area contributed by atoms with Crippen LogP contribution in [0.2, 0.25) is 20.1 Å². The van der Waals surface area contributed by atoms with E-state index < -0.39 is 36.5 Å². The van der Waals surface area contributed by atoms with E-state index >= 15 is 0 Å². The number of nitrogens with zero attached hydrogens (tertiary/aromatic N) is 1. The number of rotatable bonds is 10. The fourth-order valence-electron chi connectivity index (χ4n) is 4.11. The monoisotopic (exact) mass is 652 g/mol. The van der Waals surface area contributed by atoms with Crippen LogP contribution in [0.5, 0.6) is 11.5 Å². The minimum Gasteiger partial charge on any atom is -0.505 e. The third-order valence-corrected chi connectivity index (χ3v) is 9.93. The molecular weight excluding hydrogens is 630 g/mol. The molecule has 0 aliphatic carbocycles. The summed E-state index contributed by atoms with van der Waals surface area (Å²) in [6, 6.07) is 12.3. The van der Waals surface area contributed by atoms with Gasteiger partial charge in [0.05, 0.1) is 25.0 Å². The van der Waals surface area contributed by atoms with Crippen LogP contribution in [0.15, 0.2) is 58.3 Å². The van der Waals surface area contributed by atoms with Gasteiger partial charge in [0.25, 0.3) is 0 Å².